The molecule has 1 unspecified atom stereocenters. The molecule has 0 aromatic carbocycles. The van der Waals surface area contributed by atoms with Crippen LogP contribution in [-0.2, 0) is 9.53 Å². The van der Waals surface area contributed by atoms with Gasteiger partial charge in [-0.3, -0.25) is 4.79 Å². The Morgan fingerprint density at radius 2 is 1.14 bits per heavy atom. The fraction of sp³-hybridized carbons (Fsp3) is 0.962. The molecule has 0 fully saturated rings. The molecule has 0 heterocycles. The van der Waals surface area contributed by atoms with Gasteiger partial charge in [-0.05, 0) is 25.2 Å². The topological polar surface area (TPSA) is 46.5 Å². The highest BCUT2D eigenvalue weighted by Crippen LogP contribution is 2.15. The molecule has 3 nitrogen and oxygen atoms in total. The van der Waals surface area contributed by atoms with E-state index < -0.39 is 5.97 Å². The molecule has 0 saturated carbocycles. The molecule has 0 saturated heterocycles. The van der Waals surface area contributed by atoms with Crippen LogP contribution in [0, 0.1) is 5.92 Å². The Morgan fingerprint density at radius 1 is 0.690 bits per heavy atom. The van der Waals surface area contributed by atoms with Crippen molar-refractivity contribution in [2.24, 2.45) is 5.92 Å². The number of aliphatic carboxylic acids is 1. The summed E-state index contributed by atoms with van der Waals surface area (Å²) in [5, 5.41) is 8.59. The van der Waals surface area contributed by atoms with Crippen molar-refractivity contribution in [2.75, 3.05) is 13.2 Å². The number of hydrogen-bond acceptors (Lipinski definition) is 2. The van der Waals surface area contributed by atoms with Gasteiger partial charge in [-0.25, -0.2) is 0 Å². The van der Waals surface area contributed by atoms with Crippen LogP contribution in [0.3, 0.4) is 0 Å². The van der Waals surface area contributed by atoms with Gasteiger partial charge in [0.05, 0.1) is 0 Å². The fourth-order valence-corrected chi connectivity index (χ4v) is 3.93. The van der Waals surface area contributed by atoms with Gasteiger partial charge in [-0.1, -0.05) is 117 Å². The second-order valence-corrected chi connectivity index (χ2v) is 8.94. The van der Waals surface area contributed by atoms with Crippen molar-refractivity contribution in [3.8, 4) is 0 Å². The fourth-order valence-electron chi connectivity index (χ4n) is 3.93. The van der Waals surface area contributed by atoms with Gasteiger partial charge in [-0.15, -0.1) is 0 Å². The highest BCUT2D eigenvalue weighted by atomic mass is 16.5. The van der Waals surface area contributed by atoms with Gasteiger partial charge in [0.1, 0.15) is 0 Å². The molecule has 29 heavy (non-hydrogen) atoms. The summed E-state index contributed by atoms with van der Waals surface area (Å²) in [6, 6.07) is 0. The van der Waals surface area contributed by atoms with E-state index in [0.717, 1.165) is 32.0 Å². The monoisotopic (exact) mass is 412 g/mol. The van der Waals surface area contributed by atoms with Crippen molar-refractivity contribution in [3.05, 3.63) is 0 Å². The first-order valence-corrected chi connectivity index (χ1v) is 13.0. The zero-order chi connectivity index (χ0) is 21.4. The molecule has 0 spiro atoms. The van der Waals surface area contributed by atoms with Crippen LogP contribution in [0.15, 0.2) is 0 Å². The molecule has 1 N–H and O–H groups in total. The molecule has 0 aromatic rings. The summed E-state index contributed by atoms with van der Waals surface area (Å²) in [7, 11) is 0. The van der Waals surface area contributed by atoms with Crippen molar-refractivity contribution in [1.82, 2.24) is 0 Å². The molecule has 3 heteroatoms. The molecule has 0 aliphatic heterocycles. The summed E-state index contributed by atoms with van der Waals surface area (Å²) in [6.45, 7) is 6.49. The van der Waals surface area contributed by atoms with Crippen LogP contribution < -0.4 is 0 Å². The molecule has 0 aliphatic carbocycles. The van der Waals surface area contributed by atoms with Crippen molar-refractivity contribution < 1.29 is 14.6 Å². The molecular weight excluding hydrogens is 360 g/mol. The zero-order valence-corrected chi connectivity index (χ0v) is 19.9. The van der Waals surface area contributed by atoms with Crippen LogP contribution in [0.25, 0.3) is 0 Å². The smallest absolute Gasteiger partial charge is 0.303 e. The first kappa shape index (κ1) is 28.4. The average Bonchev–Trinajstić information content (AvgIpc) is 2.71. The molecule has 0 amide bonds. The molecule has 1 atom stereocenters. The second-order valence-electron chi connectivity index (χ2n) is 8.94. The van der Waals surface area contributed by atoms with Gasteiger partial charge < -0.3 is 9.84 Å². The summed E-state index contributed by atoms with van der Waals surface area (Å²) >= 11 is 0. The Hall–Kier alpha value is -0.570. The summed E-state index contributed by atoms with van der Waals surface area (Å²) in [5.41, 5.74) is 0. The third-order valence-electron chi connectivity index (χ3n) is 6.08. The van der Waals surface area contributed by atoms with E-state index >= 15 is 0 Å². The standard InChI is InChI=1S/C26H52O3/c1-3-5-21-25(4-2)24-29-23-20-18-16-14-12-10-8-6-7-9-11-13-15-17-19-22-26(27)28/h25H,3-24H2,1-2H3,(H,27,28). The maximum absolute atomic E-state index is 10.4. The number of carboxylic acids is 1. The number of hydrogen-bond donors (Lipinski definition) is 1. The van der Waals surface area contributed by atoms with Crippen LogP contribution >= 0.6 is 0 Å². The molecule has 0 rings (SSSR count). The zero-order valence-electron chi connectivity index (χ0n) is 19.9. The predicted octanol–water partition coefficient (Wildman–Crippen LogP) is 8.55. The predicted molar refractivity (Wildman–Crippen MR) is 126 cm³/mol. The van der Waals surface area contributed by atoms with Crippen molar-refractivity contribution in [2.45, 2.75) is 142 Å². The highest BCUT2D eigenvalue weighted by molar-refractivity contribution is 5.66. The van der Waals surface area contributed by atoms with Gasteiger partial charge >= 0.3 is 5.97 Å². The molecule has 174 valence electrons. The van der Waals surface area contributed by atoms with E-state index in [1.165, 1.54) is 109 Å². The number of carbonyl (C=O) groups is 1. The number of ether oxygens (including phenoxy) is 1. The number of unbranched alkanes of at least 4 members (excludes halogenated alkanes) is 15. The SMILES string of the molecule is CCCCC(CC)COCCCCCCCCCCCCCCCCCC(=O)O. The minimum Gasteiger partial charge on any atom is -0.481 e. The Kier molecular flexibility index (Phi) is 23.2. The van der Waals surface area contributed by atoms with Crippen molar-refractivity contribution in [1.29, 1.82) is 0 Å². The lowest BCUT2D eigenvalue weighted by atomic mass is 10.0. The lowest BCUT2D eigenvalue weighted by Gasteiger charge is -2.14. The molecule has 0 aromatic heterocycles. The minimum absolute atomic E-state index is 0.340. The first-order chi connectivity index (χ1) is 14.2. The number of rotatable bonds is 24. The van der Waals surface area contributed by atoms with Gasteiger partial charge in [-0.2, -0.15) is 0 Å². The Bertz CT molecular complexity index is 330. The summed E-state index contributed by atoms with van der Waals surface area (Å²) < 4.78 is 5.89. The third kappa shape index (κ3) is 23.6. The Labute approximate surface area is 182 Å². The normalized spacial score (nSPS) is 12.3. The van der Waals surface area contributed by atoms with E-state index in [4.69, 9.17) is 9.84 Å². The van der Waals surface area contributed by atoms with Gasteiger partial charge in [0, 0.05) is 19.6 Å². The lowest BCUT2D eigenvalue weighted by molar-refractivity contribution is -0.137. The Morgan fingerprint density at radius 3 is 1.55 bits per heavy atom. The quantitative estimate of drug-likeness (QED) is 0.161. The van der Waals surface area contributed by atoms with Crippen LogP contribution in [0.1, 0.15) is 142 Å². The summed E-state index contributed by atoms with van der Waals surface area (Å²) in [4.78, 5) is 10.4. The minimum atomic E-state index is -0.655. The van der Waals surface area contributed by atoms with E-state index in [1.807, 2.05) is 0 Å². The van der Waals surface area contributed by atoms with E-state index in [-0.39, 0.29) is 0 Å². The summed E-state index contributed by atoms with van der Waals surface area (Å²) in [6.07, 6.45) is 25.0. The Balaban J connectivity index is 3.12. The van der Waals surface area contributed by atoms with Gasteiger partial charge in [0.25, 0.3) is 0 Å². The maximum atomic E-state index is 10.4. The van der Waals surface area contributed by atoms with E-state index in [9.17, 15) is 4.79 Å². The van der Waals surface area contributed by atoms with Crippen LogP contribution in [-0.4, -0.2) is 24.3 Å². The van der Waals surface area contributed by atoms with Gasteiger partial charge in [0.15, 0.2) is 0 Å². The lowest BCUT2D eigenvalue weighted by Crippen LogP contribution is -2.09. The van der Waals surface area contributed by atoms with Crippen LogP contribution in [0.4, 0.5) is 0 Å². The average molecular weight is 413 g/mol. The first-order valence-electron chi connectivity index (χ1n) is 13.0. The van der Waals surface area contributed by atoms with Crippen molar-refractivity contribution in [3.63, 3.8) is 0 Å². The highest BCUT2D eigenvalue weighted by Gasteiger charge is 2.05. The van der Waals surface area contributed by atoms with Crippen molar-refractivity contribution >= 4 is 5.97 Å². The van der Waals surface area contributed by atoms with Crippen LogP contribution in [0.2, 0.25) is 0 Å². The molecule has 0 radical (unpaired) electrons. The number of carboxylic acid groups (broad SMARTS) is 1. The summed E-state index contributed by atoms with van der Waals surface area (Å²) in [5.74, 6) is 0.121. The molecule has 0 bridgehead atoms. The van der Waals surface area contributed by atoms with E-state index in [0.29, 0.717) is 6.42 Å². The third-order valence-corrected chi connectivity index (χ3v) is 6.08. The van der Waals surface area contributed by atoms with E-state index in [2.05, 4.69) is 13.8 Å². The second kappa shape index (κ2) is 23.7. The van der Waals surface area contributed by atoms with Gasteiger partial charge in [0.2, 0.25) is 0 Å². The van der Waals surface area contributed by atoms with E-state index in [1.54, 1.807) is 0 Å². The van der Waals surface area contributed by atoms with Crippen LogP contribution in [0.5, 0.6) is 0 Å². The molecule has 0 aliphatic rings. The molecular formula is C26H52O3. The maximum Gasteiger partial charge on any atom is 0.303 e. The largest absolute Gasteiger partial charge is 0.481 e.